The fourth-order valence-corrected chi connectivity index (χ4v) is 6.79. The molecule has 3 N–H and O–H groups in total. The first-order chi connectivity index (χ1) is 24.4. The van der Waals surface area contributed by atoms with E-state index in [0.29, 0.717) is 58.6 Å². The lowest BCUT2D eigenvalue weighted by Crippen LogP contribution is -2.33. The molecule has 1 aliphatic carbocycles. The normalized spacial score (nSPS) is 20.6. The van der Waals surface area contributed by atoms with Gasteiger partial charge in [0.2, 0.25) is 0 Å². The molecule has 7 rings (SSSR count). The molecule has 2 aliphatic heterocycles. The van der Waals surface area contributed by atoms with Crippen LogP contribution in [-0.2, 0) is 16.1 Å². The average molecular weight is 696 g/mol. The highest BCUT2D eigenvalue weighted by Gasteiger charge is 2.52. The first kappa shape index (κ1) is 34.8. The van der Waals surface area contributed by atoms with E-state index in [1.165, 1.54) is 12.1 Å². The maximum absolute atomic E-state index is 12.3. The molecule has 0 radical (unpaired) electrons. The van der Waals surface area contributed by atoms with Crippen molar-refractivity contribution in [3.8, 4) is 6.07 Å². The van der Waals surface area contributed by atoms with Crippen LogP contribution in [-0.4, -0.2) is 54.2 Å². The lowest BCUT2D eigenvalue weighted by atomic mass is 10.0. The molecule has 12 heteroatoms. The maximum Gasteiger partial charge on any atom is 0.407 e. The summed E-state index contributed by atoms with van der Waals surface area (Å²) in [5.74, 6) is 2.47. The van der Waals surface area contributed by atoms with Gasteiger partial charge in [-0.05, 0) is 79.3 Å². The monoisotopic (exact) mass is 695 g/mol. The third-order valence-electron chi connectivity index (χ3n) is 9.27. The van der Waals surface area contributed by atoms with E-state index < -0.39 is 6.09 Å². The van der Waals surface area contributed by atoms with Crippen LogP contribution in [0, 0.1) is 40.3 Å². The molecule has 50 heavy (non-hydrogen) atoms. The second kappa shape index (κ2) is 16.6. The average Bonchev–Trinajstić information content (AvgIpc) is 3.86. The number of hydrogen-bond acceptors (Lipinski definition) is 9. The number of hydrogen-bond donors (Lipinski definition) is 3. The fraction of sp³-hybridized carbons (Fsp3) is 0.342. The summed E-state index contributed by atoms with van der Waals surface area (Å²) >= 11 is 6.45. The molecule has 0 bridgehead atoms. The molecular weight excluding hydrogens is 657 g/mol. The Kier molecular flexibility index (Phi) is 11.5. The Morgan fingerprint density at radius 1 is 1.08 bits per heavy atom. The number of fused-ring (bicyclic) bond motifs is 1. The number of piperidine rings is 1. The minimum atomic E-state index is -0.392. The van der Waals surface area contributed by atoms with Gasteiger partial charge in [-0.25, -0.2) is 19.2 Å². The summed E-state index contributed by atoms with van der Waals surface area (Å²) in [6.07, 6.45) is 5.01. The van der Waals surface area contributed by atoms with Gasteiger partial charge in [-0.15, -0.1) is 0 Å². The third kappa shape index (κ3) is 8.94. The number of halogens is 2. The number of benzene rings is 3. The van der Waals surface area contributed by atoms with Crippen molar-refractivity contribution in [3.05, 3.63) is 118 Å². The standard InChI is InChI=1S/C32H34ClN7O3.C6H5F/c33-26-14-21(15-34)9-10-23(26)29(35)30-31(39-28-8-4-5-13-42-28)38-27(17-36-30)40-12-11-22-24(25(22)18-40)16-37-32(41)43-19-20-6-2-1-3-7-20;7-6-4-2-1-3-5-6/h1-3,6-7,9-10,14,17,22,24-25,28,35H,4-5,8,11-13,16,18-19H2,(H,37,41)(H,38,39);1-5H. The largest absolute Gasteiger partial charge is 0.445 e. The molecule has 3 aromatic carbocycles. The molecule has 3 heterocycles. The van der Waals surface area contributed by atoms with Gasteiger partial charge >= 0.3 is 6.09 Å². The molecule has 10 nitrogen and oxygen atoms in total. The Hall–Kier alpha value is -5.05. The number of alkyl carbamates (subject to hydrolysis) is 1. The summed E-state index contributed by atoms with van der Waals surface area (Å²) in [4.78, 5) is 24.1. The van der Waals surface area contributed by atoms with Gasteiger partial charge in [0.25, 0.3) is 0 Å². The zero-order valence-electron chi connectivity index (χ0n) is 27.5. The second-order valence-electron chi connectivity index (χ2n) is 12.6. The zero-order valence-corrected chi connectivity index (χ0v) is 28.3. The Balaban J connectivity index is 0.000000552. The van der Waals surface area contributed by atoms with Gasteiger partial charge in [0.15, 0.2) is 5.82 Å². The topological polar surface area (TPSA) is 136 Å². The molecule has 1 amide bonds. The van der Waals surface area contributed by atoms with Crippen LogP contribution < -0.4 is 15.5 Å². The summed E-state index contributed by atoms with van der Waals surface area (Å²) < 4.78 is 23.2. The van der Waals surface area contributed by atoms with Crippen LogP contribution >= 0.6 is 11.6 Å². The number of aromatic nitrogens is 2. The number of rotatable bonds is 9. The van der Waals surface area contributed by atoms with E-state index in [1.54, 1.807) is 42.6 Å². The number of carbonyl (C=O) groups is 1. The number of nitriles is 1. The number of ether oxygens (including phenoxy) is 2. The lowest BCUT2D eigenvalue weighted by molar-refractivity contribution is 0.0341. The Labute approximate surface area is 296 Å². The molecule has 3 aliphatic rings. The maximum atomic E-state index is 12.3. The molecule has 0 spiro atoms. The highest BCUT2D eigenvalue weighted by molar-refractivity contribution is 6.35. The van der Waals surface area contributed by atoms with Crippen molar-refractivity contribution >= 4 is 35.0 Å². The van der Waals surface area contributed by atoms with Crippen molar-refractivity contribution in [1.29, 1.82) is 10.7 Å². The molecule has 258 valence electrons. The molecule has 4 unspecified atom stereocenters. The molecule has 4 aromatic rings. The van der Waals surface area contributed by atoms with Gasteiger partial charge in [0.05, 0.1) is 28.6 Å². The Morgan fingerprint density at radius 2 is 1.86 bits per heavy atom. The first-order valence-corrected chi connectivity index (χ1v) is 17.2. The predicted molar refractivity (Wildman–Crippen MR) is 190 cm³/mol. The minimum Gasteiger partial charge on any atom is -0.445 e. The molecule has 1 saturated carbocycles. The molecular formula is C38H39ClFN7O3. The van der Waals surface area contributed by atoms with E-state index in [-0.39, 0.29) is 24.4 Å². The van der Waals surface area contributed by atoms with Gasteiger partial charge in [-0.2, -0.15) is 5.26 Å². The van der Waals surface area contributed by atoms with Gasteiger partial charge in [-0.1, -0.05) is 60.1 Å². The van der Waals surface area contributed by atoms with E-state index in [4.69, 9.17) is 36.5 Å². The number of amides is 1. The summed E-state index contributed by atoms with van der Waals surface area (Å²) in [5, 5.41) is 24.8. The fourth-order valence-electron chi connectivity index (χ4n) is 6.51. The van der Waals surface area contributed by atoms with Crippen molar-refractivity contribution < 1.29 is 18.7 Å². The van der Waals surface area contributed by atoms with Crippen molar-refractivity contribution in [3.63, 3.8) is 0 Å². The summed E-state index contributed by atoms with van der Waals surface area (Å²) in [6, 6.07) is 24.5. The molecule has 2 saturated heterocycles. The summed E-state index contributed by atoms with van der Waals surface area (Å²) in [7, 11) is 0. The van der Waals surface area contributed by atoms with Crippen molar-refractivity contribution in [1.82, 2.24) is 15.3 Å². The van der Waals surface area contributed by atoms with Crippen LogP contribution in [0.1, 0.15) is 48.1 Å². The molecule has 3 fully saturated rings. The smallest absolute Gasteiger partial charge is 0.407 e. The third-order valence-corrected chi connectivity index (χ3v) is 9.58. The van der Waals surface area contributed by atoms with Gasteiger partial charge in [0.1, 0.15) is 30.2 Å². The number of nitrogens with one attached hydrogen (secondary N) is 3. The number of carbonyl (C=O) groups excluding carboxylic acids is 1. The molecule has 1 aromatic heterocycles. The van der Waals surface area contributed by atoms with Crippen LogP contribution in [0.15, 0.2) is 85.1 Å². The highest BCUT2D eigenvalue weighted by atomic mass is 35.5. The predicted octanol–water partition coefficient (Wildman–Crippen LogP) is 7.18. The van der Waals surface area contributed by atoms with E-state index in [0.717, 1.165) is 50.2 Å². The highest BCUT2D eigenvalue weighted by Crippen LogP contribution is 2.51. The summed E-state index contributed by atoms with van der Waals surface area (Å²) in [5.41, 5.74) is 2.37. The van der Waals surface area contributed by atoms with Crippen molar-refractivity contribution in [2.45, 2.75) is 38.5 Å². The van der Waals surface area contributed by atoms with E-state index in [1.807, 2.05) is 30.3 Å². The quantitative estimate of drug-likeness (QED) is 0.157. The SMILES string of the molecule is Fc1ccccc1.N#Cc1ccc(C(=N)c2ncc(N3CCC4C(CNC(=O)OCc5ccccc5)C4C3)nc2NC2CCCCO2)c(Cl)c1. The van der Waals surface area contributed by atoms with Crippen molar-refractivity contribution in [2.75, 3.05) is 36.5 Å². The van der Waals surface area contributed by atoms with E-state index in [2.05, 4.69) is 21.6 Å². The van der Waals surface area contributed by atoms with E-state index >= 15 is 0 Å². The van der Waals surface area contributed by atoms with Gasteiger partial charge in [0, 0.05) is 31.8 Å². The second-order valence-corrected chi connectivity index (χ2v) is 13.0. The Morgan fingerprint density at radius 3 is 2.54 bits per heavy atom. The molecule has 4 atom stereocenters. The van der Waals surface area contributed by atoms with Gasteiger partial charge in [-0.3, -0.25) is 5.41 Å². The zero-order chi connectivity index (χ0) is 34.9. The summed E-state index contributed by atoms with van der Waals surface area (Å²) in [6.45, 7) is 3.17. The van der Waals surface area contributed by atoms with E-state index in [9.17, 15) is 14.4 Å². The van der Waals surface area contributed by atoms with Crippen LogP contribution in [0.4, 0.5) is 20.8 Å². The lowest BCUT2D eigenvalue weighted by Gasteiger charge is -2.29. The number of nitrogens with zero attached hydrogens (tertiary/aromatic N) is 4. The van der Waals surface area contributed by atoms with Crippen molar-refractivity contribution in [2.24, 2.45) is 17.8 Å². The van der Waals surface area contributed by atoms with Crippen LogP contribution in [0.2, 0.25) is 5.02 Å². The van der Waals surface area contributed by atoms with Crippen LogP contribution in [0.5, 0.6) is 0 Å². The Bertz CT molecular complexity index is 1820. The van der Waals surface area contributed by atoms with Crippen LogP contribution in [0.3, 0.4) is 0 Å². The number of anilines is 2. The minimum absolute atomic E-state index is 0.123. The first-order valence-electron chi connectivity index (χ1n) is 16.8. The van der Waals surface area contributed by atoms with Gasteiger partial charge < -0.3 is 25.0 Å². The van der Waals surface area contributed by atoms with Crippen LogP contribution in [0.25, 0.3) is 0 Å².